The molecule has 2 aliphatic rings. The smallest absolute Gasteiger partial charge is 0.324 e. The minimum atomic E-state index is -0.254. The van der Waals surface area contributed by atoms with Gasteiger partial charge in [0.05, 0.1) is 0 Å². The monoisotopic (exact) mass is 390 g/mol. The Morgan fingerprint density at radius 1 is 1.27 bits per heavy atom. The fourth-order valence-electron chi connectivity index (χ4n) is 3.46. The molecule has 0 spiro atoms. The lowest BCUT2D eigenvalue weighted by molar-refractivity contribution is 0.246. The number of anilines is 2. The minimum Gasteiger partial charge on any atom is -0.326 e. The third-order valence-electron chi connectivity index (χ3n) is 4.99. The van der Waals surface area contributed by atoms with Crippen molar-refractivity contribution in [2.75, 3.05) is 23.7 Å². The molecule has 1 saturated carbocycles. The molecule has 2 amide bonds. The van der Waals surface area contributed by atoms with Gasteiger partial charge in [0.15, 0.2) is 0 Å². The Morgan fingerprint density at radius 3 is 2.73 bits per heavy atom. The number of urea groups is 1. The van der Waals surface area contributed by atoms with E-state index < -0.39 is 0 Å². The molecule has 1 fully saturated rings. The van der Waals surface area contributed by atoms with Gasteiger partial charge in [-0.2, -0.15) is 0 Å². The quantitative estimate of drug-likeness (QED) is 0.713. The van der Waals surface area contributed by atoms with E-state index >= 15 is 0 Å². The molecule has 4 rings (SSSR count). The second kappa shape index (κ2) is 7.56. The Labute approximate surface area is 162 Å². The van der Waals surface area contributed by atoms with E-state index in [-0.39, 0.29) is 6.03 Å². The number of nitrogens with one attached hydrogen (secondary N) is 2. The molecule has 1 aliphatic heterocycles. The number of benzene rings is 1. The van der Waals surface area contributed by atoms with E-state index in [1.807, 2.05) is 0 Å². The Morgan fingerprint density at radius 2 is 2.04 bits per heavy atom. The highest BCUT2D eigenvalue weighted by molar-refractivity contribution is 7.16. The van der Waals surface area contributed by atoms with E-state index in [9.17, 15) is 4.79 Å². The third kappa shape index (κ3) is 4.04. The molecule has 2 heterocycles. The first-order chi connectivity index (χ1) is 12.6. The van der Waals surface area contributed by atoms with Crippen LogP contribution in [0.25, 0.3) is 0 Å². The van der Waals surface area contributed by atoms with Crippen molar-refractivity contribution < 1.29 is 4.79 Å². The molecule has 0 atom stereocenters. The SMILES string of the molecule is NCc1c(NC(=O)Nc2ccc(Cl)cc2)sc2c1CCN(CC1CC1)C2. The molecule has 0 saturated heterocycles. The van der Waals surface area contributed by atoms with Crippen LogP contribution in [0.15, 0.2) is 24.3 Å². The molecule has 26 heavy (non-hydrogen) atoms. The van der Waals surface area contributed by atoms with Crippen LogP contribution < -0.4 is 16.4 Å². The first kappa shape index (κ1) is 17.8. The second-order valence-electron chi connectivity index (χ2n) is 7.03. The van der Waals surface area contributed by atoms with Gasteiger partial charge in [0.2, 0.25) is 0 Å². The second-order valence-corrected chi connectivity index (χ2v) is 8.57. The summed E-state index contributed by atoms with van der Waals surface area (Å²) in [6, 6.07) is 6.80. The summed E-state index contributed by atoms with van der Waals surface area (Å²) in [4.78, 5) is 16.2. The lowest BCUT2D eigenvalue weighted by Crippen LogP contribution is -2.31. The van der Waals surface area contributed by atoms with Crippen molar-refractivity contribution in [3.8, 4) is 0 Å². The number of thiophene rings is 1. The van der Waals surface area contributed by atoms with Crippen molar-refractivity contribution >= 4 is 39.7 Å². The fraction of sp³-hybridized carbons (Fsp3) is 0.421. The standard InChI is InChI=1S/C19H23ClN4OS/c20-13-3-5-14(6-4-13)22-19(25)23-18-16(9-21)15-7-8-24(10-12-1-2-12)11-17(15)26-18/h3-6,12H,1-2,7-11,21H2,(H2,22,23,25). The molecule has 1 aromatic carbocycles. The number of carbonyl (C=O) groups excluding carboxylic acids is 1. The zero-order chi connectivity index (χ0) is 18.1. The van der Waals surface area contributed by atoms with E-state index in [0.717, 1.165) is 36.0 Å². The highest BCUT2D eigenvalue weighted by atomic mass is 35.5. The van der Waals surface area contributed by atoms with Crippen LogP contribution in [0, 0.1) is 5.92 Å². The molecule has 2 aromatic rings. The molecule has 5 nitrogen and oxygen atoms in total. The summed E-state index contributed by atoms with van der Waals surface area (Å²) in [6.07, 6.45) is 3.77. The summed E-state index contributed by atoms with van der Waals surface area (Å²) in [5, 5.41) is 7.34. The van der Waals surface area contributed by atoms with Crippen LogP contribution in [0.5, 0.6) is 0 Å². The lowest BCUT2D eigenvalue weighted by Gasteiger charge is -2.27. The zero-order valence-corrected chi connectivity index (χ0v) is 16.1. The van der Waals surface area contributed by atoms with E-state index in [4.69, 9.17) is 17.3 Å². The van der Waals surface area contributed by atoms with Gasteiger partial charge in [0.25, 0.3) is 0 Å². The topological polar surface area (TPSA) is 70.4 Å². The number of halogens is 1. The largest absolute Gasteiger partial charge is 0.326 e. The van der Waals surface area contributed by atoms with Crippen LogP contribution in [0.3, 0.4) is 0 Å². The van der Waals surface area contributed by atoms with E-state index in [0.29, 0.717) is 17.3 Å². The average molecular weight is 391 g/mol. The molecule has 138 valence electrons. The van der Waals surface area contributed by atoms with Gasteiger partial charge in [-0.1, -0.05) is 11.6 Å². The maximum atomic E-state index is 12.4. The maximum Gasteiger partial charge on any atom is 0.324 e. The third-order valence-corrected chi connectivity index (χ3v) is 6.42. The number of amides is 2. The minimum absolute atomic E-state index is 0.254. The first-order valence-corrected chi connectivity index (χ1v) is 10.2. The molecule has 4 N–H and O–H groups in total. The first-order valence-electron chi connectivity index (χ1n) is 9.02. The van der Waals surface area contributed by atoms with Crippen molar-refractivity contribution in [1.82, 2.24) is 4.90 Å². The molecular formula is C19H23ClN4OS. The van der Waals surface area contributed by atoms with E-state index in [1.54, 1.807) is 35.6 Å². The van der Waals surface area contributed by atoms with Crippen LogP contribution >= 0.6 is 22.9 Å². The van der Waals surface area contributed by atoms with Crippen molar-refractivity contribution in [2.24, 2.45) is 11.7 Å². The number of fused-ring (bicyclic) bond motifs is 1. The van der Waals surface area contributed by atoms with Gasteiger partial charge in [0, 0.05) is 47.3 Å². The fourth-order valence-corrected chi connectivity index (χ4v) is 4.90. The predicted molar refractivity (Wildman–Crippen MR) is 108 cm³/mol. The van der Waals surface area contributed by atoms with Gasteiger partial charge in [-0.05, 0) is 55.0 Å². The van der Waals surface area contributed by atoms with Crippen LogP contribution in [0.4, 0.5) is 15.5 Å². The Bertz CT molecular complexity index is 801. The van der Waals surface area contributed by atoms with Gasteiger partial charge < -0.3 is 11.1 Å². The van der Waals surface area contributed by atoms with Crippen LogP contribution in [-0.2, 0) is 19.5 Å². The highest BCUT2D eigenvalue weighted by Gasteiger charge is 2.29. The lowest BCUT2D eigenvalue weighted by atomic mass is 10.0. The number of hydrogen-bond donors (Lipinski definition) is 3. The Hall–Kier alpha value is -1.60. The maximum absolute atomic E-state index is 12.4. The van der Waals surface area contributed by atoms with Gasteiger partial charge in [-0.25, -0.2) is 4.79 Å². The van der Waals surface area contributed by atoms with Crippen molar-refractivity contribution in [2.45, 2.75) is 32.4 Å². The number of nitrogens with two attached hydrogens (primary N) is 1. The number of carbonyl (C=O) groups is 1. The number of nitrogens with zero attached hydrogens (tertiary/aromatic N) is 1. The number of hydrogen-bond acceptors (Lipinski definition) is 4. The summed E-state index contributed by atoms with van der Waals surface area (Å²) in [6.45, 7) is 3.72. The molecule has 0 radical (unpaired) electrons. The van der Waals surface area contributed by atoms with Gasteiger partial charge in [0.1, 0.15) is 5.00 Å². The number of rotatable bonds is 5. The molecule has 0 bridgehead atoms. The van der Waals surface area contributed by atoms with E-state index in [2.05, 4.69) is 15.5 Å². The summed E-state index contributed by atoms with van der Waals surface area (Å²) in [5.41, 5.74) is 9.13. The normalized spacial score (nSPS) is 17.0. The van der Waals surface area contributed by atoms with Gasteiger partial charge in [-0.15, -0.1) is 11.3 Å². The molecule has 0 unspecified atom stereocenters. The van der Waals surface area contributed by atoms with Gasteiger partial charge >= 0.3 is 6.03 Å². The van der Waals surface area contributed by atoms with Crippen LogP contribution in [0.2, 0.25) is 5.02 Å². The van der Waals surface area contributed by atoms with Crippen molar-refractivity contribution in [3.05, 3.63) is 45.3 Å². The van der Waals surface area contributed by atoms with Gasteiger partial charge in [-0.3, -0.25) is 10.2 Å². The van der Waals surface area contributed by atoms with Crippen LogP contribution in [-0.4, -0.2) is 24.0 Å². The molecule has 1 aliphatic carbocycles. The van der Waals surface area contributed by atoms with E-state index in [1.165, 1.54) is 29.8 Å². The Kier molecular flexibility index (Phi) is 5.18. The summed E-state index contributed by atoms with van der Waals surface area (Å²) in [5.74, 6) is 0.897. The highest BCUT2D eigenvalue weighted by Crippen LogP contribution is 2.38. The summed E-state index contributed by atoms with van der Waals surface area (Å²) >= 11 is 7.54. The summed E-state index contributed by atoms with van der Waals surface area (Å²) in [7, 11) is 0. The Balaban J connectivity index is 1.45. The van der Waals surface area contributed by atoms with Crippen molar-refractivity contribution in [1.29, 1.82) is 0 Å². The predicted octanol–water partition coefficient (Wildman–Crippen LogP) is 4.27. The molecule has 1 aromatic heterocycles. The zero-order valence-electron chi connectivity index (χ0n) is 14.6. The van der Waals surface area contributed by atoms with Crippen LogP contribution in [0.1, 0.15) is 28.8 Å². The molecular weight excluding hydrogens is 368 g/mol. The molecule has 7 heteroatoms. The average Bonchev–Trinajstić information content (AvgIpc) is 3.36. The van der Waals surface area contributed by atoms with Crippen molar-refractivity contribution in [3.63, 3.8) is 0 Å². The summed E-state index contributed by atoms with van der Waals surface area (Å²) < 4.78 is 0.